The number of hydrogen-bond acceptors (Lipinski definition) is 1. The van der Waals surface area contributed by atoms with Gasteiger partial charge in [-0.05, 0) is 25.3 Å². The third-order valence-corrected chi connectivity index (χ3v) is 2.53. The van der Waals surface area contributed by atoms with E-state index in [1.807, 2.05) is 13.8 Å². The monoisotopic (exact) mass is 234 g/mol. The SMILES string of the molecule is C=C/C(Cl)=C\C(Cl)=C(/C)CC(C)CO. The predicted molar refractivity (Wildman–Crippen MR) is 63.6 cm³/mol. The normalized spacial score (nSPS) is 16.2. The molecule has 0 radical (unpaired) electrons. The van der Waals surface area contributed by atoms with Crippen LogP contribution in [0.15, 0.2) is 34.4 Å². The van der Waals surface area contributed by atoms with Crippen molar-refractivity contribution in [3.63, 3.8) is 0 Å². The Labute approximate surface area is 95.7 Å². The summed E-state index contributed by atoms with van der Waals surface area (Å²) in [6, 6.07) is 0. The van der Waals surface area contributed by atoms with E-state index in [9.17, 15) is 0 Å². The zero-order valence-corrected chi connectivity index (χ0v) is 10.1. The molecule has 0 heterocycles. The lowest BCUT2D eigenvalue weighted by Crippen LogP contribution is -2.01. The Morgan fingerprint density at radius 3 is 2.50 bits per heavy atom. The van der Waals surface area contributed by atoms with Crippen molar-refractivity contribution in [3.8, 4) is 0 Å². The number of hydrogen-bond donors (Lipinski definition) is 1. The van der Waals surface area contributed by atoms with Crippen LogP contribution in [-0.4, -0.2) is 11.7 Å². The second kappa shape index (κ2) is 7.10. The van der Waals surface area contributed by atoms with Crippen LogP contribution in [0, 0.1) is 5.92 Å². The van der Waals surface area contributed by atoms with E-state index in [2.05, 4.69) is 6.58 Å². The molecule has 0 saturated heterocycles. The van der Waals surface area contributed by atoms with Crippen LogP contribution in [0.3, 0.4) is 0 Å². The fourth-order valence-corrected chi connectivity index (χ4v) is 1.35. The van der Waals surface area contributed by atoms with Gasteiger partial charge in [-0.3, -0.25) is 0 Å². The van der Waals surface area contributed by atoms with E-state index >= 15 is 0 Å². The van der Waals surface area contributed by atoms with Gasteiger partial charge >= 0.3 is 0 Å². The largest absolute Gasteiger partial charge is 0.396 e. The van der Waals surface area contributed by atoms with Crippen LogP contribution in [0.25, 0.3) is 0 Å². The fraction of sp³-hybridized carbons (Fsp3) is 0.455. The van der Waals surface area contributed by atoms with Crippen LogP contribution >= 0.6 is 23.2 Å². The van der Waals surface area contributed by atoms with E-state index in [4.69, 9.17) is 28.3 Å². The van der Waals surface area contributed by atoms with Gasteiger partial charge in [-0.15, -0.1) is 0 Å². The maximum Gasteiger partial charge on any atom is 0.0459 e. The summed E-state index contributed by atoms with van der Waals surface area (Å²) in [5, 5.41) is 10.0. The number of halogens is 2. The second-order valence-electron chi connectivity index (χ2n) is 3.35. The minimum Gasteiger partial charge on any atom is -0.396 e. The third kappa shape index (κ3) is 5.48. The first-order chi connectivity index (χ1) is 6.51. The topological polar surface area (TPSA) is 20.2 Å². The summed E-state index contributed by atoms with van der Waals surface area (Å²) in [6.45, 7) is 7.59. The van der Waals surface area contributed by atoms with Gasteiger partial charge in [0.1, 0.15) is 0 Å². The summed E-state index contributed by atoms with van der Waals surface area (Å²) < 4.78 is 0. The van der Waals surface area contributed by atoms with Gasteiger partial charge in [0.25, 0.3) is 0 Å². The zero-order chi connectivity index (χ0) is 11.1. The van der Waals surface area contributed by atoms with Gasteiger partial charge in [-0.25, -0.2) is 0 Å². The Morgan fingerprint density at radius 2 is 2.07 bits per heavy atom. The minimum atomic E-state index is 0.167. The van der Waals surface area contributed by atoms with Crippen LogP contribution < -0.4 is 0 Å². The molecule has 0 fully saturated rings. The van der Waals surface area contributed by atoms with Crippen molar-refractivity contribution in [1.82, 2.24) is 0 Å². The van der Waals surface area contributed by atoms with Crippen molar-refractivity contribution >= 4 is 23.2 Å². The summed E-state index contributed by atoms with van der Waals surface area (Å²) in [5.74, 6) is 0.222. The third-order valence-electron chi connectivity index (χ3n) is 1.83. The van der Waals surface area contributed by atoms with Crippen LogP contribution in [0.5, 0.6) is 0 Å². The van der Waals surface area contributed by atoms with Gasteiger partial charge in [-0.2, -0.15) is 0 Å². The highest BCUT2D eigenvalue weighted by molar-refractivity contribution is 6.35. The summed E-state index contributed by atoms with van der Waals surface area (Å²) in [4.78, 5) is 0. The average Bonchev–Trinajstić information content (AvgIpc) is 2.17. The van der Waals surface area contributed by atoms with E-state index < -0.39 is 0 Å². The van der Waals surface area contributed by atoms with Crippen LogP contribution in [0.4, 0.5) is 0 Å². The molecule has 0 rings (SSSR count). The van der Waals surface area contributed by atoms with E-state index in [0.717, 1.165) is 12.0 Å². The standard InChI is InChI=1S/C11H16Cl2O/c1-4-10(12)6-11(13)9(3)5-8(2)7-14/h4,6,8,14H,1,5,7H2,2-3H3/b10-6+,11-9-. The number of aliphatic hydroxyl groups is 1. The summed E-state index contributed by atoms with van der Waals surface area (Å²) in [7, 11) is 0. The molecular formula is C11H16Cl2O. The molecule has 0 amide bonds. The van der Waals surface area contributed by atoms with Gasteiger partial charge in [0.15, 0.2) is 0 Å². The summed E-state index contributed by atoms with van der Waals surface area (Å²) in [6.07, 6.45) is 3.97. The molecular weight excluding hydrogens is 219 g/mol. The smallest absolute Gasteiger partial charge is 0.0459 e. The van der Waals surface area contributed by atoms with Crippen LogP contribution in [0.2, 0.25) is 0 Å². The van der Waals surface area contributed by atoms with Crippen molar-refractivity contribution in [3.05, 3.63) is 34.4 Å². The van der Waals surface area contributed by atoms with Crippen LogP contribution in [0.1, 0.15) is 20.3 Å². The molecule has 3 heteroatoms. The molecule has 0 aliphatic heterocycles. The fourth-order valence-electron chi connectivity index (χ4n) is 0.988. The molecule has 0 aromatic carbocycles. The average molecular weight is 235 g/mol. The molecule has 0 aromatic heterocycles. The molecule has 0 saturated carbocycles. The number of aliphatic hydroxyl groups excluding tert-OH is 1. The Balaban J connectivity index is 4.51. The first-order valence-corrected chi connectivity index (χ1v) is 5.22. The Kier molecular flexibility index (Phi) is 6.98. The minimum absolute atomic E-state index is 0.167. The molecule has 14 heavy (non-hydrogen) atoms. The van der Waals surface area contributed by atoms with Crippen molar-refractivity contribution in [1.29, 1.82) is 0 Å². The van der Waals surface area contributed by atoms with E-state index in [0.29, 0.717) is 10.1 Å². The second-order valence-corrected chi connectivity index (χ2v) is 4.20. The van der Waals surface area contributed by atoms with Gasteiger partial charge in [0.05, 0.1) is 0 Å². The first-order valence-electron chi connectivity index (χ1n) is 4.47. The molecule has 80 valence electrons. The van der Waals surface area contributed by atoms with Crippen molar-refractivity contribution in [2.24, 2.45) is 5.92 Å². The first kappa shape index (κ1) is 13.8. The number of allylic oxidation sites excluding steroid dienone is 5. The maximum atomic E-state index is 8.87. The Bertz CT molecular complexity index is 254. The molecule has 0 aliphatic carbocycles. The summed E-state index contributed by atoms with van der Waals surface area (Å²) in [5.41, 5.74) is 1.02. The lowest BCUT2D eigenvalue weighted by molar-refractivity contribution is 0.237. The van der Waals surface area contributed by atoms with Crippen molar-refractivity contribution in [2.75, 3.05) is 6.61 Å². The maximum absolute atomic E-state index is 8.87. The highest BCUT2D eigenvalue weighted by Crippen LogP contribution is 2.20. The molecule has 1 N–H and O–H groups in total. The molecule has 1 atom stereocenters. The highest BCUT2D eigenvalue weighted by Gasteiger charge is 2.04. The molecule has 0 aliphatic rings. The van der Waals surface area contributed by atoms with E-state index in [1.165, 1.54) is 6.08 Å². The molecule has 1 nitrogen and oxygen atoms in total. The predicted octanol–water partition coefficient (Wildman–Crippen LogP) is 3.83. The Morgan fingerprint density at radius 1 is 1.50 bits per heavy atom. The summed E-state index contributed by atoms with van der Waals surface area (Å²) >= 11 is 11.7. The highest BCUT2D eigenvalue weighted by atomic mass is 35.5. The number of rotatable bonds is 5. The molecule has 1 unspecified atom stereocenters. The zero-order valence-electron chi connectivity index (χ0n) is 8.56. The van der Waals surface area contributed by atoms with Gasteiger partial charge in [-0.1, -0.05) is 48.4 Å². The van der Waals surface area contributed by atoms with Crippen molar-refractivity contribution < 1.29 is 5.11 Å². The Hall–Kier alpha value is -0.240. The van der Waals surface area contributed by atoms with Gasteiger partial charge in [0.2, 0.25) is 0 Å². The quantitative estimate of drug-likeness (QED) is 0.718. The lowest BCUT2D eigenvalue weighted by Gasteiger charge is -2.08. The van der Waals surface area contributed by atoms with Crippen molar-refractivity contribution in [2.45, 2.75) is 20.3 Å². The molecule has 0 aromatic rings. The van der Waals surface area contributed by atoms with Crippen LogP contribution in [-0.2, 0) is 0 Å². The van der Waals surface area contributed by atoms with Gasteiger partial charge < -0.3 is 5.11 Å². The van der Waals surface area contributed by atoms with E-state index in [-0.39, 0.29) is 12.5 Å². The van der Waals surface area contributed by atoms with Gasteiger partial charge in [0, 0.05) is 16.7 Å². The molecule has 0 bridgehead atoms. The van der Waals surface area contributed by atoms with E-state index in [1.54, 1.807) is 6.08 Å². The lowest BCUT2D eigenvalue weighted by atomic mass is 10.0. The molecule has 0 spiro atoms.